The van der Waals surface area contributed by atoms with Gasteiger partial charge in [0.1, 0.15) is 0 Å². The van der Waals surface area contributed by atoms with Crippen molar-refractivity contribution < 1.29 is 0 Å². The minimum atomic E-state index is 0.640. The number of hydrogen-bond acceptors (Lipinski definition) is 2. The van der Waals surface area contributed by atoms with Gasteiger partial charge in [-0.2, -0.15) is 0 Å². The van der Waals surface area contributed by atoms with Crippen molar-refractivity contribution in [1.29, 1.82) is 0 Å². The van der Waals surface area contributed by atoms with Crippen molar-refractivity contribution in [2.24, 2.45) is 0 Å². The second kappa shape index (κ2) is 6.19. The summed E-state index contributed by atoms with van der Waals surface area (Å²) in [6.07, 6.45) is 5.17. The second-order valence-corrected chi connectivity index (χ2v) is 4.15. The van der Waals surface area contributed by atoms with Gasteiger partial charge in [0.25, 0.3) is 0 Å². The first-order valence-corrected chi connectivity index (χ1v) is 5.57. The molecule has 0 aliphatic rings. The van der Waals surface area contributed by atoms with Gasteiger partial charge >= 0.3 is 0 Å². The summed E-state index contributed by atoms with van der Waals surface area (Å²) in [5, 5.41) is 3.19. The van der Waals surface area contributed by atoms with Crippen LogP contribution in [-0.2, 0) is 0 Å². The van der Waals surface area contributed by atoms with E-state index in [-0.39, 0.29) is 0 Å². The lowest BCUT2D eigenvalue weighted by Crippen LogP contribution is -2.29. The van der Waals surface area contributed by atoms with Crippen molar-refractivity contribution in [2.75, 3.05) is 31.6 Å². The summed E-state index contributed by atoms with van der Waals surface area (Å²) in [4.78, 5) is 2.24. The Morgan fingerprint density at radius 1 is 1.25 bits per heavy atom. The third kappa shape index (κ3) is 3.96. The lowest BCUT2D eigenvalue weighted by Gasteiger charge is -2.20. The Morgan fingerprint density at radius 3 is 2.44 bits per heavy atom. The van der Waals surface area contributed by atoms with Gasteiger partial charge in [0.15, 0.2) is 0 Å². The maximum Gasteiger partial charge on any atom is 0.0574 e. The third-order valence-corrected chi connectivity index (χ3v) is 2.50. The molecule has 0 aromatic heterocycles. The van der Waals surface area contributed by atoms with Gasteiger partial charge in [-0.25, -0.2) is 0 Å². The molecule has 1 aromatic carbocycles. The number of nitrogens with one attached hydrogen (secondary N) is 1. The number of nitrogens with zero attached hydrogens (tertiary/aromatic N) is 1. The molecule has 0 heterocycles. The quantitative estimate of drug-likeness (QED) is 0.598. The van der Waals surface area contributed by atoms with Crippen molar-refractivity contribution in [3.05, 3.63) is 29.3 Å². The molecule has 0 unspecified atom stereocenters. The number of anilines is 1. The summed E-state index contributed by atoms with van der Waals surface area (Å²) in [5.41, 5.74) is 3.87. The monoisotopic (exact) mass is 216 g/mol. The zero-order valence-corrected chi connectivity index (χ0v) is 10.4. The van der Waals surface area contributed by atoms with Crippen LogP contribution in [0.4, 0.5) is 5.69 Å². The van der Waals surface area contributed by atoms with Crippen LogP contribution < -0.4 is 10.2 Å². The van der Waals surface area contributed by atoms with Crippen LogP contribution in [0.25, 0.3) is 0 Å². The molecule has 2 heteroatoms. The number of aryl methyl sites for hydroxylation is 2. The van der Waals surface area contributed by atoms with E-state index in [0.29, 0.717) is 6.54 Å². The minimum absolute atomic E-state index is 0.640. The molecular formula is C14H20N2. The van der Waals surface area contributed by atoms with E-state index < -0.39 is 0 Å². The molecule has 0 saturated carbocycles. The van der Waals surface area contributed by atoms with E-state index in [1.165, 1.54) is 16.8 Å². The summed E-state index contributed by atoms with van der Waals surface area (Å²) in [6.45, 7) is 6.76. The molecule has 0 spiro atoms. The summed E-state index contributed by atoms with van der Waals surface area (Å²) < 4.78 is 0. The molecule has 0 bridgehead atoms. The fourth-order valence-corrected chi connectivity index (χ4v) is 1.71. The summed E-state index contributed by atoms with van der Waals surface area (Å²) >= 11 is 0. The number of benzene rings is 1. The van der Waals surface area contributed by atoms with Crippen LogP contribution in [0.3, 0.4) is 0 Å². The Hall–Kier alpha value is -1.46. The van der Waals surface area contributed by atoms with E-state index in [9.17, 15) is 0 Å². The highest BCUT2D eigenvalue weighted by atomic mass is 15.1. The molecule has 0 radical (unpaired) electrons. The standard InChI is InChI=1S/C14H20N2/c1-5-6-15-7-8-16(4)14-10-12(2)9-13(3)11-14/h1,9-11,15H,6-8H2,2-4H3. The molecule has 2 nitrogen and oxygen atoms in total. The summed E-state index contributed by atoms with van der Waals surface area (Å²) in [5.74, 6) is 2.57. The first-order valence-electron chi connectivity index (χ1n) is 5.57. The first kappa shape index (κ1) is 12.6. The van der Waals surface area contributed by atoms with E-state index in [1.807, 2.05) is 0 Å². The zero-order chi connectivity index (χ0) is 12.0. The highest BCUT2D eigenvalue weighted by molar-refractivity contribution is 5.50. The zero-order valence-electron chi connectivity index (χ0n) is 10.4. The van der Waals surface area contributed by atoms with Gasteiger partial charge in [-0.3, -0.25) is 0 Å². The van der Waals surface area contributed by atoms with Gasteiger partial charge in [-0.05, 0) is 37.1 Å². The average Bonchev–Trinajstić information content (AvgIpc) is 2.22. The van der Waals surface area contributed by atoms with Crippen molar-refractivity contribution in [3.63, 3.8) is 0 Å². The molecule has 16 heavy (non-hydrogen) atoms. The predicted octanol–water partition coefficient (Wildman–Crippen LogP) is 1.96. The predicted molar refractivity (Wildman–Crippen MR) is 70.9 cm³/mol. The van der Waals surface area contributed by atoms with Gasteiger partial charge in [-0.1, -0.05) is 12.0 Å². The van der Waals surface area contributed by atoms with Crippen LogP contribution in [0, 0.1) is 26.2 Å². The topological polar surface area (TPSA) is 15.3 Å². The Labute approximate surface area is 98.7 Å². The van der Waals surface area contributed by atoms with Crippen LogP contribution >= 0.6 is 0 Å². The highest BCUT2D eigenvalue weighted by Gasteiger charge is 2.01. The Morgan fingerprint density at radius 2 is 1.88 bits per heavy atom. The van der Waals surface area contributed by atoms with Gasteiger partial charge in [0.2, 0.25) is 0 Å². The Balaban J connectivity index is 2.52. The maximum atomic E-state index is 5.17. The number of terminal acetylenes is 1. The molecule has 1 aromatic rings. The lowest BCUT2D eigenvalue weighted by atomic mass is 10.1. The van der Waals surface area contributed by atoms with Crippen LogP contribution in [-0.4, -0.2) is 26.7 Å². The van der Waals surface area contributed by atoms with Crippen LogP contribution in [0.1, 0.15) is 11.1 Å². The van der Waals surface area contributed by atoms with Crippen LogP contribution in [0.15, 0.2) is 18.2 Å². The molecule has 0 saturated heterocycles. The number of rotatable bonds is 5. The SMILES string of the molecule is C#CCNCCN(C)c1cc(C)cc(C)c1. The molecule has 1 rings (SSSR count). The van der Waals surface area contributed by atoms with Gasteiger partial charge in [0, 0.05) is 25.8 Å². The van der Waals surface area contributed by atoms with Gasteiger partial charge in [0.05, 0.1) is 6.54 Å². The van der Waals surface area contributed by atoms with Crippen molar-refractivity contribution in [1.82, 2.24) is 5.32 Å². The maximum absolute atomic E-state index is 5.17. The molecule has 0 aliphatic carbocycles. The Kier molecular flexibility index (Phi) is 4.88. The summed E-state index contributed by atoms with van der Waals surface area (Å²) in [7, 11) is 2.10. The van der Waals surface area contributed by atoms with Crippen molar-refractivity contribution in [3.8, 4) is 12.3 Å². The number of hydrogen-bond donors (Lipinski definition) is 1. The van der Waals surface area contributed by atoms with Gasteiger partial charge in [-0.15, -0.1) is 6.42 Å². The van der Waals surface area contributed by atoms with E-state index in [2.05, 4.69) is 55.2 Å². The largest absolute Gasteiger partial charge is 0.373 e. The molecule has 0 amide bonds. The normalized spacial score (nSPS) is 9.88. The van der Waals surface area contributed by atoms with E-state index in [1.54, 1.807) is 0 Å². The molecular weight excluding hydrogens is 196 g/mol. The fraction of sp³-hybridized carbons (Fsp3) is 0.429. The van der Waals surface area contributed by atoms with E-state index in [0.717, 1.165) is 13.1 Å². The molecule has 1 N–H and O–H groups in total. The molecule has 0 fully saturated rings. The third-order valence-electron chi connectivity index (χ3n) is 2.50. The van der Waals surface area contributed by atoms with Crippen molar-refractivity contribution >= 4 is 5.69 Å². The van der Waals surface area contributed by atoms with Gasteiger partial charge < -0.3 is 10.2 Å². The summed E-state index contributed by atoms with van der Waals surface area (Å²) in [6, 6.07) is 6.59. The molecule has 0 atom stereocenters. The minimum Gasteiger partial charge on any atom is -0.373 e. The first-order chi connectivity index (χ1) is 7.63. The smallest absolute Gasteiger partial charge is 0.0574 e. The fourth-order valence-electron chi connectivity index (χ4n) is 1.71. The van der Waals surface area contributed by atoms with E-state index in [4.69, 9.17) is 6.42 Å². The second-order valence-electron chi connectivity index (χ2n) is 4.15. The molecule has 86 valence electrons. The van der Waals surface area contributed by atoms with Crippen molar-refractivity contribution in [2.45, 2.75) is 13.8 Å². The number of likely N-dealkylation sites (N-methyl/N-ethyl adjacent to an activating group) is 1. The average molecular weight is 216 g/mol. The van der Waals surface area contributed by atoms with E-state index >= 15 is 0 Å². The molecule has 0 aliphatic heterocycles. The lowest BCUT2D eigenvalue weighted by molar-refractivity contribution is 0.737. The Bertz CT molecular complexity index is 357. The van der Waals surface area contributed by atoms with Crippen LogP contribution in [0.2, 0.25) is 0 Å². The van der Waals surface area contributed by atoms with Crippen LogP contribution in [0.5, 0.6) is 0 Å². The highest BCUT2D eigenvalue weighted by Crippen LogP contribution is 2.16.